The number of benzene rings is 1. The van der Waals surface area contributed by atoms with Gasteiger partial charge in [-0.2, -0.15) is 0 Å². The Labute approximate surface area is 192 Å². The predicted molar refractivity (Wildman–Crippen MR) is 123 cm³/mol. The molecule has 174 valence electrons. The van der Waals surface area contributed by atoms with Gasteiger partial charge in [0.15, 0.2) is 0 Å². The van der Waals surface area contributed by atoms with Gasteiger partial charge in [-0.25, -0.2) is 4.68 Å². The molecule has 1 aromatic heterocycles. The Balaban J connectivity index is 1.48. The Morgan fingerprint density at radius 2 is 1.91 bits per heavy atom. The molecule has 0 spiro atoms. The van der Waals surface area contributed by atoms with Crippen LogP contribution in [-0.2, 0) is 16.6 Å². The SMILES string of the molecule is CC(C)CC(CNC(=O)c1ccc(NC(=O)CSc2nnnn2C)cc1)N1CCOCC1. The molecule has 1 aliphatic rings. The highest BCUT2D eigenvalue weighted by molar-refractivity contribution is 7.99. The summed E-state index contributed by atoms with van der Waals surface area (Å²) in [6.07, 6.45) is 1.02. The summed E-state index contributed by atoms with van der Waals surface area (Å²) in [7, 11) is 1.72. The van der Waals surface area contributed by atoms with Gasteiger partial charge in [0.05, 0.1) is 19.0 Å². The molecule has 1 aromatic carbocycles. The number of carbonyl (C=O) groups excluding carboxylic acids is 2. The summed E-state index contributed by atoms with van der Waals surface area (Å²) in [6.45, 7) is 8.27. The lowest BCUT2D eigenvalue weighted by Crippen LogP contribution is -2.49. The van der Waals surface area contributed by atoms with Crippen LogP contribution >= 0.6 is 11.8 Å². The third kappa shape index (κ3) is 7.28. The predicted octanol–water partition coefficient (Wildman–Crippen LogP) is 1.42. The van der Waals surface area contributed by atoms with E-state index in [1.54, 1.807) is 31.3 Å². The molecule has 2 amide bonds. The summed E-state index contributed by atoms with van der Waals surface area (Å²) in [5.41, 5.74) is 1.20. The number of ether oxygens (including phenoxy) is 1. The number of aryl methyl sites for hydroxylation is 1. The number of aromatic nitrogens is 4. The number of nitrogens with one attached hydrogen (secondary N) is 2. The van der Waals surface area contributed by atoms with Crippen LogP contribution in [0.2, 0.25) is 0 Å². The molecule has 0 saturated carbocycles. The molecule has 11 heteroatoms. The molecule has 10 nitrogen and oxygen atoms in total. The number of morpholine rings is 1. The highest BCUT2D eigenvalue weighted by Crippen LogP contribution is 2.15. The lowest BCUT2D eigenvalue weighted by Gasteiger charge is -2.35. The molecule has 1 saturated heterocycles. The van der Waals surface area contributed by atoms with Crippen molar-refractivity contribution >= 4 is 29.3 Å². The lowest BCUT2D eigenvalue weighted by molar-refractivity contribution is -0.113. The van der Waals surface area contributed by atoms with E-state index in [0.717, 1.165) is 32.7 Å². The quantitative estimate of drug-likeness (QED) is 0.511. The van der Waals surface area contributed by atoms with E-state index in [4.69, 9.17) is 4.74 Å². The monoisotopic (exact) mass is 461 g/mol. The van der Waals surface area contributed by atoms with Crippen LogP contribution < -0.4 is 10.6 Å². The number of anilines is 1. The smallest absolute Gasteiger partial charge is 0.251 e. The summed E-state index contributed by atoms with van der Waals surface area (Å²) in [5.74, 6) is 0.452. The molecule has 32 heavy (non-hydrogen) atoms. The van der Waals surface area contributed by atoms with Crippen LogP contribution in [-0.4, -0.2) is 81.6 Å². The summed E-state index contributed by atoms with van der Waals surface area (Å²) < 4.78 is 6.97. The maximum atomic E-state index is 12.7. The summed E-state index contributed by atoms with van der Waals surface area (Å²) in [4.78, 5) is 27.2. The molecular formula is C21H31N7O3S. The van der Waals surface area contributed by atoms with Gasteiger partial charge in [0.1, 0.15) is 0 Å². The van der Waals surface area contributed by atoms with E-state index in [1.165, 1.54) is 16.4 Å². The van der Waals surface area contributed by atoms with E-state index in [-0.39, 0.29) is 17.6 Å². The van der Waals surface area contributed by atoms with Gasteiger partial charge in [-0.1, -0.05) is 25.6 Å². The Hall–Kier alpha value is -2.50. The van der Waals surface area contributed by atoms with Gasteiger partial charge in [0.2, 0.25) is 11.1 Å². The van der Waals surface area contributed by atoms with Crippen molar-refractivity contribution in [3.8, 4) is 0 Å². The number of tetrazole rings is 1. The van der Waals surface area contributed by atoms with Crippen molar-refractivity contribution in [2.75, 3.05) is 43.9 Å². The van der Waals surface area contributed by atoms with Crippen LogP contribution in [0.15, 0.2) is 29.4 Å². The largest absolute Gasteiger partial charge is 0.379 e. The second kappa shape index (κ2) is 11.9. The second-order valence-electron chi connectivity index (χ2n) is 8.14. The van der Waals surface area contributed by atoms with Gasteiger partial charge < -0.3 is 15.4 Å². The number of rotatable bonds is 10. The molecule has 0 aliphatic carbocycles. The molecular weight excluding hydrogens is 430 g/mol. The average Bonchev–Trinajstić information content (AvgIpc) is 3.20. The van der Waals surface area contributed by atoms with E-state index in [1.807, 2.05) is 0 Å². The molecule has 1 aliphatic heterocycles. The Morgan fingerprint density at radius 1 is 1.19 bits per heavy atom. The number of hydrogen-bond donors (Lipinski definition) is 2. The van der Waals surface area contributed by atoms with Gasteiger partial charge in [-0.3, -0.25) is 14.5 Å². The lowest BCUT2D eigenvalue weighted by atomic mass is 10.0. The highest BCUT2D eigenvalue weighted by Gasteiger charge is 2.22. The maximum absolute atomic E-state index is 12.7. The number of amides is 2. The van der Waals surface area contributed by atoms with Crippen molar-refractivity contribution in [3.63, 3.8) is 0 Å². The number of thioether (sulfide) groups is 1. The van der Waals surface area contributed by atoms with Crippen LogP contribution in [0.1, 0.15) is 30.6 Å². The minimum absolute atomic E-state index is 0.116. The van der Waals surface area contributed by atoms with E-state index in [2.05, 4.69) is 44.9 Å². The van der Waals surface area contributed by atoms with Crippen molar-refractivity contribution in [1.29, 1.82) is 0 Å². The Morgan fingerprint density at radius 3 is 2.53 bits per heavy atom. The fourth-order valence-electron chi connectivity index (χ4n) is 3.54. The first-order valence-corrected chi connectivity index (χ1v) is 11.8. The first-order chi connectivity index (χ1) is 15.4. The van der Waals surface area contributed by atoms with E-state index in [0.29, 0.717) is 34.9 Å². The van der Waals surface area contributed by atoms with Crippen LogP contribution in [0.5, 0.6) is 0 Å². The molecule has 3 rings (SSSR count). The van der Waals surface area contributed by atoms with Gasteiger partial charge in [0.25, 0.3) is 5.91 Å². The molecule has 1 fully saturated rings. The number of hydrogen-bond acceptors (Lipinski definition) is 8. The zero-order valence-electron chi connectivity index (χ0n) is 18.8. The Kier molecular flexibility index (Phi) is 9.00. The van der Waals surface area contributed by atoms with Gasteiger partial charge >= 0.3 is 0 Å². The first kappa shape index (κ1) is 24.1. The third-order valence-electron chi connectivity index (χ3n) is 5.15. The molecule has 2 heterocycles. The van der Waals surface area contributed by atoms with Crippen molar-refractivity contribution in [2.24, 2.45) is 13.0 Å². The van der Waals surface area contributed by atoms with E-state index >= 15 is 0 Å². The summed E-state index contributed by atoms with van der Waals surface area (Å²) in [5, 5.41) is 17.6. The number of nitrogens with zero attached hydrogens (tertiary/aromatic N) is 5. The topological polar surface area (TPSA) is 114 Å². The normalized spacial score (nSPS) is 15.5. The Bertz CT molecular complexity index is 882. The van der Waals surface area contributed by atoms with Crippen molar-refractivity contribution < 1.29 is 14.3 Å². The van der Waals surface area contributed by atoms with Crippen LogP contribution in [0.25, 0.3) is 0 Å². The maximum Gasteiger partial charge on any atom is 0.251 e. The van der Waals surface area contributed by atoms with Crippen LogP contribution in [0.4, 0.5) is 5.69 Å². The molecule has 0 radical (unpaired) electrons. The zero-order chi connectivity index (χ0) is 22.9. The minimum Gasteiger partial charge on any atom is -0.379 e. The number of carbonyl (C=O) groups is 2. The van der Waals surface area contributed by atoms with Crippen molar-refractivity contribution in [3.05, 3.63) is 29.8 Å². The fourth-order valence-corrected chi connectivity index (χ4v) is 4.19. The standard InChI is InChI=1S/C21H31N7O3S/c1-15(2)12-18(28-8-10-31-11-9-28)13-22-20(30)16-4-6-17(7-5-16)23-19(29)14-32-21-24-25-26-27(21)3/h4-7,15,18H,8-14H2,1-3H3,(H,22,30)(H,23,29). The molecule has 2 aromatic rings. The second-order valence-corrected chi connectivity index (χ2v) is 9.08. The first-order valence-electron chi connectivity index (χ1n) is 10.8. The van der Waals surface area contributed by atoms with Crippen molar-refractivity contribution in [2.45, 2.75) is 31.5 Å². The van der Waals surface area contributed by atoms with Crippen molar-refractivity contribution in [1.82, 2.24) is 30.4 Å². The minimum atomic E-state index is -0.169. The van der Waals surface area contributed by atoms with Gasteiger partial charge in [-0.05, 0) is 47.0 Å². The van der Waals surface area contributed by atoms with Gasteiger partial charge in [-0.15, -0.1) is 5.10 Å². The third-order valence-corrected chi connectivity index (χ3v) is 6.16. The summed E-state index contributed by atoms with van der Waals surface area (Å²) >= 11 is 1.25. The average molecular weight is 462 g/mol. The van der Waals surface area contributed by atoms with E-state index < -0.39 is 0 Å². The van der Waals surface area contributed by atoms with E-state index in [9.17, 15) is 9.59 Å². The van der Waals surface area contributed by atoms with Crippen LogP contribution in [0.3, 0.4) is 0 Å². The molecule has 0 bridgehead atoms. The highest BCUT2D eigenvalue weighted by atomic mass is 32.2. The fraction of sp³-hybridized carbons (Fsp3) is 0.571. The molecule has 2 N–H and O–H groups in total. The van der Waals surface area contributed by atoms with Gasteiger partial charge in [0, 0.05) is 44.0 Å². The summed E-state index contributed by atoms with van der Waals surface area (Å²) in [6, 6.07) is 7.19. The van der Waals surface area contributed by atoms with Crippen LogP contribution in [0, 0.1) is 5.92 Å². The molecule has 1 atom stereocenters. The molecule has 1 unspecified atom stereocenters. The zero-order valence-corrected chi connectivity index (χ0v) is 19.6.